The molecule has 2 saturated heterocycles. The quantitative estimate of drug-likeness (QED) is 0.458. The maximum absolute atomic E-state index is 6.23. The molecule has 0 saturated carbocycles. The second kappa shape index (κ2) is 11.0. The van der Waals surface area contributed by atoms with Crippen LogP contribution in [-0.4, -0.2) is 52.3 Å². The molecule has 1 aromatic carbocycles. The Bertz CT molecular complexity index is 1060. The zero-order valence-electron chi connectivity index (χ0n) is 19.0. The van der Waals surface area contributed by atoms with Crippen molar-refractivity contribution in [2.45, 2.75) is 32.3 Å². The molecule has 2 aliphatic rings. The van der Waals surface area contributed by atoms with Crippen LogP contribution in [0.2, 0.25) is 0 Å². The molecule has 0 spiro atoms. The molecule has 2 fully saturated rings. The number of nitrogens with zero attached hydrogens (tertiary/aromatic N) is 5. The Kier molecular flexibility index (Phi) is 7.37. The summed E-state index contributed by atoms with van der Waals surface area (Å²) in [5, 5.41) is 0. The van der Waals surface area contributed by atoms with Gasteiger partial charge in [0.1, 0.15) is 18.2 Å². The lowest BCUT2D eigenvalue weighted by Crippen LogP contribution is -2.39. The lowest BCUT2D eigenvalue weighted by atomic mass is 10.0. The molecule has 0 radical (unpaired) electrons. The molecule has 0 aliphatic carbocycles. The van der Waals surface area contributed by atoms with Crippen molar-refractivity contribution in [3.05, 3.63) is 60.2 Å². The number of hydrogen-bond acceptors (Lipinski definition) is 10. The van der Waals surface area contributed by atoms with Crippen molar-refractivity contribution < 1.29 is 17.8 Å². The second-order valence-electron chi connectivity index (χ2n) is 8.42. The first-order chi connectivity index (χ1) is 16.7. The summed E-state index contributed by atoms with van der Waals surface area (Å²) in [6, 6.07) is 9.87. The van der Waals surface area contributed by atoms with Crippen molar-refractivity contribution in [1.82, 2.24) is 19.9 Å². The van der Waals surface area contributed by atoms with Gasteiger partial charge in [-0.15, -0.1) is 0 Å². The van der Waals surface area contributed by atoms with Crippen molar-refractivity contribution in [3.63, 3.8) is 0 Å². The molecule has 10 heteroatoms. The van der Waals surface area contributed by atoms with E-state index in [0.717, 1.165) is 61.9 Å². The third-order valence-corrected chi connectivity index (χ3v) is 6.38. The Balaban J connectivity index is 1.17. The molecule has 2 aliphatic heterocycles. The molecule has 3 aromatic rings. The number of piperidine rings is 1. The van der Waals surface area contributed by atoms with Gasteiger partial charge in [-0.25, -0.2) is 19.9 Å². The number of benzene rings is 1. The van der Waals surface area contributed by atoms with Gasteiger partial charge in [-0.1, -0.05) is 12.1 Å². The van der Waals surface area contributed by atoms with E-state index in [2.05, 4.69) is 37.0 Å². The fourth-order valence-corrected chi connectivity index (χ4v) is 4.58. The first kappa shape index (κ1) is 22.8. The van der Waals surface area contributed by atoms with Crippen LogP contribution in [0.25, 0.3) is 0 Å². The molecule has 0 N–H and O–H groups in total. The average molecular weight is 482 g/mol. The van der Waals surface area contributed by atoms with Gasteiger partial charge in [-0.3, -0.25) is 8.37 Å². The molecule has 4 heterocycles. The summed E-state index contributed by atoms with van der Waals surface area (Å²) in [5.74, 6) is 2.91. The first-order valence-corrected chi connectivity index (χ1v) is 12.1. The highest BCUT2D eigenvalue weighted by molar-refractivity contribution is 7.89. The number of aromatic nitrogens is 4. The van der Waals surface area contributed by atoms with E-state index in [9.17, 15) is 0 Å². The maximum Gasteiger partial charge on any atom is 0.229 e. The summed E-state index contributed by atoms with van der Waals surface area (Å²) in [6.07, 6.45) is 7.74. The number of anilines is 1. The highest BCUT2D eigenvalue weighted by Gasteiger charge is 2.24. The zero-order valence-corrected chi connectivity index (χ0v) is 19.8. The van der Waals surface area contributed by atoms with Crippen LogP contribution in [0.5, 0.6) is 17.5 Å². The van der Waals surface area contributed by atoms with E-state index in [4.69, 9.17) is 17.8 Å². The van der Waals surface area contributed by atoms with Crippen LogP contribution in [0.15, 0.2) is 49.1 Å². The van der Waals surface area contributed by atoms with Crippen molar-refractivity contribution >= 4 is 18.3 Å². The minimum Gasteiger partial charge on any atom is -0.474 e. The van der Waals surface area contributed by atoms with Gasteiger partial charge in [0.05, 0.1) is 18.8 Å². The fraction of sp³-hybridized carbons (Fsp3) is 0.417. The summed E-state index contributed by atoms with van der Waals surface area (Å²) in [7, 11) is 0. The Hall–Kier alpha value is -2.95. The van der Waals surface area contributed by atoms with E-state index in [-0.39, 0.29) is 6.10 Å². The molecular weight excluding hydrogens is 454 g/mol. The van der Waals surface area contributed by atoms with Crippen LogP contribution in [-0.2, 0) is 14.8 Å². The van der Waals surface area contributed by atoms with E-state index >= 15 is 0 Å². The molecule has 0 unspecified atom stereocenters. The Morgan fingerprint density at radius 2 is 1.68 bits per heavy atom. The van der Waals surface area contributed by atoms with Crippen LogP contribution >= 0.6 is 12.3 Å². The smallest absolute Gasteiger partial charge is 0.229 e. The monoisotopic (exact) mass is 481 g/mol. The Morgan fingerprint density at radius 3 is 2.41 bits per heavy atom. The van der Waals surface area contributed by atoms with Gasteiger partial charge in [-0.2, -0.15) is 0 Å². The minimum atomic E-state index is 0.0758. The van der Waals surface area contributed by atoms with Crippen LogP contribution in [0.1, 0.15) is 24.0 Å². The van der Waals surface area contributed by atoms with Crippen LogP contribution in [0.4, 0.5) is 5.95 Å². The predicted octanol–water partition coefficient (Wildman–Crippen LogP) is 4.18. The van der Waals surface area contributed by atoms with Gasteiger partial charge in [0.2, 0.25) is 17.7 Å². The number of hydrogen-bond donors (Lipinski definition) is 0. The van der Waals surface area contributed by atoms with E-state index in [1.165, 1.54) is 11.9 Å². The molecule has 178 valence electrons. The van der Waals surface area contributed by atoms with Crippen LogP contribution in [0.3, 0.4) is 0 Å². The molecule has 34 heavy (non-hydrogen) atoms. The SMILES string of the molecule is Cc1c(Oc2ccc(CC3COSOC3)cc2)ncnc1OC1CCN(c2ncccn2)CC1. The Morgan fingerprint density at radius 1 is 0.971 bits per heavy atom. The van der Waals surface area contributed by atoms with Crippen LogP contribution in [0, 0.1) is 12.8 Å². The highest BCUT2D eigenvalue weighted by atomic mass is 32.2. The summed E-state index contributed by atoms with van der Waals surface area (Å²) in [6.45, 7) is 5.00. The van der Waals surface area contributed by atoms with E-state index in [1.807, 2.05) is 25.1 Å². The molecule has 0 atom stereocenters. The van der Waals surface area contributed by atoms with E-state index < -0.39 is 0 Å². The minimum absolute atomic E-state index is 0.0758. The highest BCUT2D eigenvalue weighted by Crippen LogP contribution is 2.30. The molecule has 0 bridgehead atoms. The fourth-order valence-electron chi connectivity index (χ4n) is 4.01. The molecule has 0 amide bonds. The van der Waals surface area contributed by atoms with Gasteiger partial charge in [0, 0.05) is 44.2 Å². The van der Waals surface area contributed by atoms with E-state index in [1.54, 1.807) is 12.4 Å². The van der Waals surface area contributed by atoms with Crippen LogP contribution < -0.4 is 14.4 Å². The summed E-state index contributed by atoms with van der Waals surface area (Å²) < 4.78 is 22.9. The largest absolute Gasteiger partial charge is 0.474 e. The lowest BCUT2D eigenvalue weighted by Gasteiger charge is -2.32. The maximum atomic E-state index is 6.23. The Labute approximate surface area is 203 Å². The third-order valence-electron chi connectivity index (χ3n) is 5.91. The second-order valence-corrected chi connectivity index (χ2v) is 9.02. The van der Waals surface area contributed by atoms with Gasteiger partial charge in [0.15, 0.2) is 12.3 Å². The average Bonchev–Trinajstić information content (AvgIpc) is 2.89. The van der Waals surface area contributed by atoms with Crippen molar-refractivity contribution in [1.29, 1.82) is 0 Å². The van der Waals surface area contributed by atoms with Gasteiger partial charge < -0.3 is 14.4 Å². The zero-order chi connectivity index (χ0) is 23.2. The lowest BCUT2D eigenvalue weighted by molar-refractivity contribution is 0.146. The summed E-state index contributed by atoms with van der Waals surface area (Å²) >= 11 is 1.08. The van der Waals surface area contributed by atoms with Crippen molar-refractivity contribution in [3.8, 4) is 17.5 Å². The standard InChI is InChI=1S/C24H27N5O4S/c1-17-22(32-20-5-3-18(4-6-20)13-19-14-30-34-31-15-19)27-16-28-23(17)33-21-7-11-29(12-8-21)24-25-9-2-10-26-24/h2-6,9-10,16,19,21H,7-8,11-15H2,1H3. The van der Waals surface area contributed by atoms with Crippen molar-refractivity contribution in [2.24, 2.45) is 5.92 Å². The number of rotatable bonds is 7. The molecular formula is C24H27N5O4S. The molecule has 9 nitrogen and oxygen atoms in total. The van der Waals surface area contributed by atoms with Crippen molar-refractivity contribution in [2.75, 3.05) is 31.2 Å². The number of ether oxygens (including phenoxy) is 2. The van der Waals surface area contributed by atoms with Gasteiger partial charge in [0.25, 0.3) is 0 Å². The summed E-state index contributed by atoms with van der Waals surface area (Å²) in [5.41, 5.74) is 2.00. The molecule has 5 rings (SSSR count). The summed E-state index contributed by atoms with van der Waals surface area (Å²) in [4.78, 5) is 19.5. The topological polar surface area (TPSA) is 91.7 Å². The first-order valence-electron chi connectivity index (χ1n) is 11.4. The van der Waals surface area contributed by atoms with Gasteiger partial charge in [-0.05, 0) is 37.1 Å². The predicted molar refractivity (Wildman–Crippen MR) is 128 cm³/mol. The third kappa shape index (κ3) is 5.75. The van der Waals surface area contributed by atoms with E-state index in [0.29, 0.717) is 30.9 Å². The van der Waals surface area contributed by atoms with Gasteiger partial charge >= 0.3 is 0 Å². The molecule has 2 aromatic heterocycles. The normalized spacial score (nSPS) is 17.5.